The third-order valence-corrected chi connectivity index (χ3v) is 4.20. The van der Waals surface area contributed by atoms with Crippen LogP contribution in [0.15, 0.2) is 36.7 Å². The molecular formula is C17H13ClF3N3O. The quantitative estimate of drug-likeness (QED) is 0.706. The molecule has 1 aromatic carbocycles. The molecule has 25 heavy (non-hydrogen) atoms. The van der Waals surface area contributed by atoms with Crippen molar-refractivity contribution in [2.45, 2.75) is 13.1 Å². The van der Waals surface area contributed by atoms with Gasteiger partial charge in [-0.1, -0.05) is 17.7 Å². The van der Waals surface area contributed by atoms with Crippen LogP contribution in [0.1, 0.15) is 21.5 Å². The van der Waals surface area contributed by atoms with Gasteiger partial charge >= 0.3 is 6.18 Å². The largest absolute Gasteiger partial charge is 0.416 e. The highest BCUT2D eigenvalue weighted by molar-refractivity contribution is 6.39. The molecule has 0 atom stereocenters. The van der Waals surface area contributed by atoms with Crippen molar-refractivity contribution in [3.05, 3.63) is 58.4 Å². The fourth-order valence-corrected chi connectivity index (χ4v) is 3.01. The average Bonchev–Trinajstić information content (AvgIpc) is 2.82. The first-order valence-electron chi connectivity index (χ1n) is 7.27. The molecular weight excluding hydrogens is 355 g/mol. The SMILES string of the molecule is Cc1cn(C)c2ncc(C(=O)Nc3cccc(C(F)(F)F)c3)c(Cl)c12. The van der Waals surface area contributed by atoms with E-state index in [1.54, 1.807) is 11.6 Å². The summed E-state index contributed by atoms with van der Waals surface area (Å²) in [6.07, 6.45) is -1.34. The van der Waals surface area contributed by atoms with Crippen molar-refractivity contribution in [3.63, 3.8) is 0 Å². The molecule has 0 spiro atoms. The van der Waals surface area contributed by atoms with Gasteiger partial charge in [-0.05, 0) is 30.7 Å². The fraction of sp³-hybridized carbons (Fsp3) is 0.176. The summed E-state index contributed by atoms with van der Waals surface area (Å²) in [5.74, 6) is -0.623. The van der Waals surface area contributed by atoms with Crippen LogP contribution in [0.5, 0.6) is 0 Å². The molecule has 130 valence electrons. The Hall–Kier alpha value is -2.54. The van der Waals surface area contributed by atoms with Crippen molar-refractivity contribution in [2.24, 2.45) is 7.05 Å². The van der Waals surface area contributed by atoms with Crippen molar-refractivity contribution in [3.8, 4) is 0 Å². The van der Waals surface area contributed by atoms with Gasteiger partial charge in [-0.2, -0.15) is 13.2 Å². The third kappa shape index (κ3) is 3.19. The maximum Gasteiger partial charge on any atom is 0.416 e. The summed E-state index contributed by atoms with van der Waals surface area (Å²) >= 11 is 6.33. The summed E-state index contributed by atoms with van der Waals surface area (Å²) in [5, 5.41) is 3.29. The second-order valence-corrected chi connectivity index (χ2v) is 6.02. The molecule has 3 aromatic rings. The van der Waals surface area contributed by atoms with E-state index < -0.39 is 17.6 Å². The minimum Gasteiger partial charge on any atom is -0.335 e. The predicted octanol–water partition coefficient (Wildman–Crippen LogP) is 4.81. The monoisotopic (exact) mass is 367 g/mol. The molecule has 1 amide bonds. The Morgan fingerprint density at radius 2 is 2.04 bits per heavy atom. The second-order valence-electron chi connectivity index (χ2n) is 5.64. The van der Waals surface area contributed by atoms with E-state index in [0.29, 0.717) is 11.0 Å². The zero-order chi connectivity index (χ0) is 18.4. The molecule has 0 unspecified atom stereocenters. The molecule has 2 heterocycles. The van der Waals surface area contributed by atoms with E-state index in [4.69, 9.17) is 11.6 Å². The molecule has 8 heteroatoms. The number of hydrogen-bond donors (Lipinski definition) is 1. The van der Waals surface area contributed by atoms with Crippen LogP contribution in [0.3, 0.4) is 0 Å². The van der Waals surface area contributed by atoms with E-state index in [2.05, 4.69) is 10.3 Å². The number of alkyl halides is 3. The number of amides is 1. The molecule has 0 bridgehead atoms. The van der Waals surface area contributed by atoms with Gasteiger partial charge in [-0.15, -0.1) is 0 Å². The van der Waals surface area contributed by atoms with Crippen molar-refractivity contribution >= 4 is 34.2 Å². The van der Waals surface area contributed by atoms with Crippen LogP contribution in [0.4, 0.5) is 18.9 Å². The molecule has 0 aliphatic heterocycles. The number of fused-ring (bicyclic) bond motifs is 1. The van der Waals surface area contributed by atoms with Crippen LogP contribution < -0.4 is 5.32 Å². The number of nitrogens with zero attached hydrogens (tertiary/aromatic N) is 2. The summed E-state index contributed by atoms with van der Waals surface area (Å²) in [6.45, 7) is 1.84. The third-order valence-electron chi connectivity index (χ3n) is 3.80. The van der Waals surface area contributed by atoms with E-state index in [1.807, 2.05) is 13.1 Å². The number of carbonyl (C=O) groups excluding carboxylic acids is 1. The minimum absolute atomic E-state index is 0.0285. The Balaban J connectivity index is 1.96. The normalized spacial score (nSPS) is 11.8. The number of rotatable bonds is 2. The van der Waals surface area contributed by atoms with Gasteiger partial charge < -0.3 is 9.88 Å². The van der Waals surface area contributed by atoms with Gasteiger partial charge in [0, 0.05) is 30.5 Å². The zero-order valence-electron chi connectivity index (χ0n) is 13.3. The number of benzene rings is 1. The lowest BCUT2D eigenvalue weighted by Crippen LogP contribution is -2.14. The zero-order valence-corrected chi connectivity index (χ0v) is 14.0. The Morgan fingerprint density at radius 3 is 2.72 bits per heavy atom. The number of nitrogens with one attached hydrogen (secondary N) is 1. The van der Waals surface area contributed by atoms with E-state index in [-0.39, 0.29) is 16.3 Å². The number of aromatic nitrogens is 2. The van der Waals surface area contributed by atoms with Crippen LogP contribution in [-0.4, -0.2) is 15.5 Å². The Bertz CT molecular complexity index is 979. The molecule has 0 saturated heterocycles. The highest BCUT2D eigenvalue weighted by Gasteiger charge is 2.30. The second kappa shape index (κ2) is 6.07. The average molecular weight is 368 g/mol. The highest BCUT2D eigenvalue weighted by atomic mass is 35.5. The van der Waals surface area contributed by atoms with Crippen molar-refractivity contribution in [1.82, 2.24) is 9.55 Å². The number of aryl methyl sites for hydroxylation is 2. The maximum absolute atomic E-state index is 12.8. The van der Waals surface area contributed by atoms with Crippen molar-refractivity contribution in [2.75, 3.05) is 5.32 Å². The lowest BCUT2D eigenvalue weighted by Gasteiger charge is -2.11. The van der Waals surface area contributed by atoms with Crippen molar-refractivity contribution < 1.29 is 18.0 Å². The van der Waals surface area contributed by atoms with Gasteiger partial charge in [-0.25, -0.2) is 4.98 Å². The first-order valence-corrected chi connectivity index (χ1v) is 7.65. The van der Waals surface area contributed by atoms with Gasteiger partial charge in [-0.3, -0.25) is 4.79 Å². The Kier molecular flexibility index (Phi) is 4.20. The molecule has 0 saturated carbocycles. The molecule has 0 aliphatic rings. The number of anilines is 1. The van der Waals surface area contributed by atoms with E-state index in [9.17, 15) is 18.0 Å². The summed E-state index contributed by atoms with van der Waals surface area (Å²) in [4.78, 5) is 16.7. The number of carbonyl (C=O) groups is 1. The first kappa shape index (κ1) is 17.3. The minimum atomic E-state index is -4.49. The lowest BCUT2D eigenvalue weighted by molar-refractivity contribution is -0.137. The number of pyridine rings is 1. The smallest absolute Gasteiger partial charge is 0.335 e. The van der Waals surface area contributed by atoms with E-state index >= 15 is 0 Å². The van der Waals surface area contributed by atoms with Gasteiger partial charge in [0.25, 0.3) is 5.91 Å². The lowest BCUT2D eigenvalue weighted by atomic mass is 10.1. The van der Waals surface area contributed by atoms with Gasteiger partial charge in [0.2, 0.25) is 0 Å². The van der Waals surface area contributed by atoms with E-state index in [1.165, 1.54) is 18.3 Å². The van der Waals surface area contributed by atoms with Gasteiger partial charge in [0.05, 0.1) is 16.1 Å². The summed E-state index contributed by atoms with van der Waals surface area (Å²) in [6, 6.07) is 4.40. The number of halogens is 4. The van der Waals surface area contributed by atoms with Gasteiger partial charge in [0.15, 0.2) is 0 Å². The van der Waals surface area contributed by atoms with Crippen LogP contribution in [0.2, 0.25) is 5.02 Å². The van der Waals surface area contributed by atoms with Crippen molar-refractivity contribution in [1.29, 1.82) is 0 Å². The standard InChI is InChI=1S/C17H13ClF3N3O/c1-9-8-24(2)15-13(9)14(18)12(7-22-15)16(25)23-11-5-3-4-10(6-11)17(19,20)21/h3-8H,1-2H3,(H,23,25). The first-order chi connectivity index (χ1) is 11.7. The number of hydrogen-bond acceptors (Lipinski definition) is 2. The van der Waals surface area contributed by atoms with Crippen LogP contribution >= 0.6 is 11.6 Å². The topological polar surface area (TPSA) is 46.9 Å². The van der Waals surface area contributed by atoms with Crippen LogP contribution in [-0.2, 0) is 13.2 Å². The predicted molar refractivity (Wildman–Crippen MR) is 89.9 cm³/mol. The molecule has 2 aromatic heterocycles. The fourth-order valence-electron chi connectivity index (χ4n) is 2.64. The maximum atomic E-state index is 12.8. The molecule has 0 radical (unpaired) electrons. The summed E-state index contributed by atoms with van der Waals surface area (Å²) < 4.78 is 40.1. The Labute approximate surface area is 146 Å². The van der Waals surface area contributed by atoms with Crippen LogP contribution in [0.25, 0.3) is 11.0 Å². The molecule has 1 N–H and O–H groups in total. The summed E-state index contributed by atoms with van der Waals surface area (Å²) in [7, 11) is 1.81. The molecule has 4 nitrogen and oxygen atoms in total. The molecule has 0 fully saturated rings. The summed E-state index contributed by atoms with van der Waals surface area (Å²) in [5.41, 5.74) is 0.757. The highest BCUT2D eigenvalue weighted by Crippen LogP contribution is 2.32. The molecule has 3 rings (SSSR count). The van der Waals surface area contributed by atoms with Gasteiger partial charge in [0.1, 0.15) is 5.65 Å². The molecule has 0 aliphatic carbocycles. The van der Waals surface area contributed by atoms with E-state index in [0.717, 1.165) is 17.7 Å². The Morgan fingerprint density at radius 1 is 1.32 bits per heavy atom. The van der Waals surface area contributed by atoms with Crippen LogP contribution in [0, 0.1) is 6.92 Å².